The predicted molar refractivity (Wildman–Crippen MR) is 68.4 cm³/mol. The van der Waals surface area contributed by atoms with Gasteiger partial charge in [0.1, 0.15) is 5.41 Å². The molecule has 1 aromatic carbocycles. The maximum absolute atomic E-state index is 12.0. The third-order valence-electron chi connectivity index (χ3n) is 3.15. The highest BCUT2D eigenvalue weighted by molar-refractivity contribution is 6.30. The maximum Gasteiger partial charge on any atom is 0.234 e. The van der Waals surface area contributed by atoms with E-state index in [0.717, 1.165) is 5.56 Å². The van der Waals surface area contributed by atoms with E-state index in [9.17, 15) is 4.79 Å². The first-order valence-corrected chi connectivity index (χ1v) is 5.97. The van der Waals surface area contributed by atoms with Crippen LogP contribution in [0.15, 0.2) is 29.4 Å². The van der Waals surface area contributed by atoms with E-state index in [-0.39, 0.29) is 11.7 Å². The van der Waals surface area contributed by atoms with Crippen molar-refractivity contribution in [1.29, 1.82) is 0 Å². The van der Waals surface area contributed by atoms with E-state index in [4.69, 9.17) is 22.5 Å². The zero-order chi connectivity index (χ0) is 13.2. The van der Waals surface area contributed by atoms with E-state index >= 15 is 0 Å². The minimum atomic E-state index is -0.804. The molecular formula is C12H14ClN3O2. The van der Waals surface area contributed by atoms with Crippen LogP contribution < -0.4 is 11.1 Å². The molecule has 6 heteroatoms. The molecule has 1 aliphatic carbocycles. The summed E-state index contributed by atoms with van der Waals surface area (Å²) in [5.74, 6) is -0.219. The van der Waals surface area contributed by atoms with Gasteiger partial charge in [-0.3, -0.25) is 4.79 Å². The SMILES string of the molecule is N/C(=N/O)C1(C(=O)NCc2ccc(Cl)cc2)CC1. The normalized spacial score (nSPS) is 17.3. The first-order valence-electron chi connectivity index (χ1n) is 5.59. The van der Waals surface area contributed by atoms with Gasteiger partial charge in [-0.2, -0.15) is 0 Å². The van der Waals surface area contributed by atoms with E-state index in [1.807, 2.05) is 12.1 Å². The summed E-state index contributed by atoms with van der Waals surface area (Å²) in [5.41, 5.74) is 5.67. The number of amides is 1. The Morgan fingerprint density at radius 3 is 2.56 bits per heavy atom. The Balaban J connectivity index is 1.95. The lowest BCUT2D eigenvalue weighted by Gasteiger charge is -2.13. The summed E-state index contributed by atoms with van der Waals surface area (Å²) in [6.45, 7) is 0.399. The summed E-state index contributed by atoms with van der Waals surface area (Å²) in [4.78, 5) is 12.0. The van der Waals surface area contributed by atoms with Crippen molar-refractivity contribution in [1.82, 2.24) is 5.32 Å². The van der Waals surface area contributed by atoms with Crippen LogP contribution >= 0.6 is 11.6 Å². The van der Waals surface area contributed by atoms with E-state index in [1.54, 1.807) is 12.1 Å². The highest BCUT2D eigenvalue weighted by Crippen LogP contribution is 2.46. The third kappa shape index (κ3) is 2.41. The van der Waals surface area contributed by atoms with Crippen LogP contribution in [-0.4, -0.2) is 17.0 Å². The van der Waals surface area contributed by atoms with Gasteiger partial charge in [0.05, 0.1) is 0 Å². The number of nitrogens with zero attached hydrogens (tertiary/aromatic N) is 1. The molecule has 1 aromatic rings. The average molecular weight is 268 g/mol. The second kappa shape index (κ2) is 4.86. The number of oxime groups is 1. The summed E-state index contributed by atoms with van der Waals surface area (Å²) in [7, 11) is 0. The number of carbonyl (C=O) groups is 1. The summed E-state index contributed by atoms with van der Waals surface area (Å²) < 4.78 is 0. The molecule has 0 unspecified atom stereocenters. The van der Waals surface area contributed by atoms with Gasteiger partial charge in [0.15, 0.2) is 5.84 Å². The largest absolute Gasteiger partial charge is 0.409 e. The van der Waals surface area contributed by atoms with Crippen molar-refractivity contribution in [2.75, 3.05) is 0 Å². The predicted octanol–water partition coefficient (Wildman–Crippen LogP) is 1.48. The van der Waals surface area contributed by atoms with Crippen LogP contribution in [0.4, 0.5) is 0 Å². The number of hydrogen-bond acceptors (Lipinski definition) is 3. The number of hydrogen-bond donors (Lipinski definition) is 3. The van der Waals surface area contributed by atoms with Crippen LogP contribution in [-0.2, 0) is 11.3 Å². The first-order chi connectivity index (χ1) is 8.58. The van der Waals surface area contributed by atoms with E-state index in [1.165, 1.54) is 0 Å². The molecule has 96 valence electrons. The zero-order valence-corrected chi connectivity index (χ0v) is 10.4. The number of benzene rings is 1. The van der Waals surface area contributed by atoms with Crippen molar-refractivity contribution in [3.8, 4) is 0 Å². The van der Waals surface area contributed by atoms with Gasteiger partial charge in [-0.15, -0.1) is 0 Å². The number of amidine groups is 1. The molecule has 1 saturated carbocycles. The molecule has 1 fully saturated rings. The molecule has 5 nitrogen and oxygen atoms in total. The Labute approximate surface area is 110 Å². The molecule has 0 saturated heterocycles. The van der Waals surface area contributed by atoms with Gasteiger partial charge >= 0.3 is 0 Å². The molecule has 0 atom stereocenters. The Hall–Kier alpha value is -1.75. The Bertz CT molecular complexity index is 481. The van der Waals surface area contributed by atoms with Crippen LogP contribution in [0.2, 0.25) is 5.02 Å². The van der Waals surface area contributed by atoms with Gasteiger partial charge in [-0.25, -0.2) is 0 Å². The minimum Gasteiger partial charge on any atom is -0.409 e. The minimum absolute atomic E-state index is 0.0175. The molecule has 0 aliphatic heterocycles. The van der Waals surface area contributed by atoms with Crippen LogP contribution in [0.3, 0.4) is 0 Å². The second-order valence-electron chi connectivity index (χ2n) is 4.38. The highest BCUT2D eigenvalue weighted by atomic mass is 35.5. The number of nitrogens with two attached hydrogens (primary N) is 1. The first kappa shape index (κ1) is 12.7. The van der Waals surface area contributed by atoms with Crippen molar-refractivity contribution in [3.63, 3.8) is 0 Å². The molecule has 2 rings (SSSR count). The molecule has 0 radical (unpaired) electrons. The molecule has 18 heavy (non-hydrogen) atoms. The molecular weight excluding hydrogens is 254 g/mol. The Morgan fingerprint density at radius 2 is 2.06 bits per heavy atom. The fourth-order valence-electron chi connectivity index (χ4n) is 1.77. The van der Waals surface area contributed by atoms with Crippen LogP contribution in [0, 0.1) is 5.41 Å². The summed E-state index contributed by atoms with van der Waals surface area (Å²) in [6.07, 6.45) is 1.24. The average Bonchev–Trinajstić information content (AvgIpc) is 3.18. The highest BCUT2D eigenvalue weighted by Gasteiger charge is 2.54. The standard InChI is InChI=1S/C12H14ClN3O2/c13-9-3-1-8(2-4-9)7-15-11(17)12(5-6-12)10(14)16-18/h1-4,18H,5-7H2,(H2,14,16)(H,15,17). The number of carbonyl (C=O) groups excluding carboxylic acids is 1. The topological polar surface area (TPSA) is 87.7 Å². The Morgan fingerprint density at radius 1 is 1.44 bits per heavy atom. The monoisotopic (exact) mass is 267 g/mol. The van der Waals surface area contributed by atoms with Crippen LogP contribution in [0.25, 0.3) is 0 Å². The van der Waals surface area contributed by atoms with Gasteiger partial charge in [0.25, 0.3) is 0 Å². The number of rotatable bonds is 4. The lowest BCUT2D eigenvalue weighted by Crippen LogP contribution is -2.40. The smallest absolute Gasteiger partial charge is 0.234 e. The summed E-state index contributed by atoms with van der Waals surface area (Å²) in [5, 5.41) is 15.0. The Kier molecular flexibility index (Phi) is 3.43. The van der Waals surface area contributed by atoms with E-state index in [0.29, 0.717) is 24.4 Å². The second-order valence-corrected chi connectivity index (χ2v) is 4.81. The molecule has 0 heterocycles. The molecule has 0 aromatic heterocycles. The van der Waals surface area contributed by atoms with Crippen LogP contribution in [0.5, 0.6) is 0 Å². The summed E-state index contributed by atoms with van der Waals surface area (Å²) >= 11 is 5.77. The molecule has 1 amide bonds. The van der Waals surface area contributed by atoms with Crippen molar-refractivity contribution < 1.29 is 10.0 Å². The fourth-order valence-corrected chi connectivity index (χ4v) is 1.90. The number of halogens is 1. The third-order valence-corrected chi connectivity index (χ3v) is 3.40. The van der Waals surface area contributed by atoms with Crippen molar-refractivity contribution in [3.05, 3.63) is 34.9 Å². The fraction of sp³-hybridized carbons (Fsp3) is 0.333. The van der Waals surface area contributed by atoms with Crippen molar-refractivity contribution in [2.24, 2.45) is 16.3 Å². The molecule has 0 spiro atoms. The lowest BCUT2D eigenvalue weighted by molar-refractivity contribution is -0.124. The van der Waals surface area contributed by atoms with Gasteiger partial charge < -0.3 is 16.3 Å². The number of nitrogens with one attached hydrogen (secondary N) is 1. The maximum atomic E-state index is 12.0. The molecule has 1 aliphatic rings. The van der Waals surface area contributed by atoms with Gasteiger partial charge in [-0.05, 0) is 30.5 Å². The van der Waals surface area contributed by atoms with Crippen LogP contribution in [0.1, 0.15) is 18.4 Å². The van der Waals surface area contributed by atoms with E-state index < -0.39 is 5.41 Å². The molecule has 4 N–H and O–H groups in total. The summed E-state index contributed by atoms with van der Waals surface area (Å²) in [6, 6.07) is 7.20. The van der Waals surface area contributed by atoms with Crippen molar-refractivity contribution >= 4 is 23.3 Å². The van der Waals surface area contributed by atoms with Gasteiger partial charge in [0, 0.05) is 11.6 Å². The quantitative estimate of drug-likeness (QED) is 0.334. The van der Waals surface area contributed by atoms with E-state index in [2.05, 4.69) is 10.5 Å². The van der Waals surface area contributed by atoms with Gasteiger partial charge in [-0.1, -0.05) is 28.9 Å². The lowest BCUT2D eigenvalue weighted by atomic mass is 10.1. The van der Waals surface area contributed by atoms with Gasteiger partial charge in [0.2, 0.25) is 5.91 Å². The zero-order valence-electron chi connectivity index (χ0n) is 9.69. The molecule has 0 bridgehead atoms. The van der Waals surface area contributed by atoms with Crippen molar-refractivity contribution in [2.45, 2.75) is 19.4 Å².